The zero-order valence-corrected chi connectivity index (χ0v) is 12.7. The van der Waals surface area contributed by atoms with Crippen LogP contribution in [0, 0.1) is 17.3 Å². The van der Waals surface area contributed by atoms with Crippen LogP contribution in [0.3, 0.4) is 0 Å². The van der Waals surface area contributed by atoms with E-state index in [4.69, 9.17) is 5.11 Å². The predicted molar refractivity (Wildman–Crippen MR) is 77.3 cm³/mol. The third-order valence-corrected chi connectivity index (χ3v) is 5.00. The molecule has 0 aromatic rings. The van der Waals surface area contributed by atoms with Crippen LogP contribution in [0.15, 0.2) is 0 Å². The third-order valence-electron chi connectivity index (χ3n) is 5.00. The van der Waals surface area contributed by atoms with Crippen molar-refractivity contribution in [1.29, 1.82) is 0 Å². The predicted octanol–water partition coefficient (Wildman–Crippen LogP) is 2.96. The van der Waals surface area contributed by atoms with E-state index in [1.165, 1.54) is 0 Å². The van der Waals surface area contributed by atoms with Crippen molar-refractivity contribution in [3.8, 4) is 0 Å². The lowest BCUT2D eigenvalue weighted by Gasteiger charge is -2.43. The summed E-state index contributed by atoms with van der Waals surface area (Å²) < 4.78 is 0. The molecule has 0 radical (unpaired) electrons. The quantitative estimate of drug-likeness (QED) is 0.814. The van der Waals surface area contributed by atoms with Gasteiger partial charge in [0, 0.05) is 11.5 Å². The van der Waals surface area contributed by atoms with Crippen molar-refractivity contribution >= 4 is 11.9 Å². The summed E-state index contributed by atoms with van der Waals surface area (Å²) in [6.07, 6.45) is 7.16. The number of carboxylic acid groups (broad SMARTS) is 1. The van der Waals surface area contributed by atoms with Crippen molar-refractivity contribution in [1.82, 2.24) is 5.32 Å². The molecule has 2 rings (SSSR count). The minimum atomic E-state index is -0.690. The highest BCUT2D eigenvalue weighted by Gasteiger charge is 2.44. The standard InChI is InChI=1S/C16H27NO3/c1-11(2)10-16(8-3-9-16)15(20)17-13-6-4-12(5-7-13)14(18)19/h11-13H,3-10H2,1-2H3,(H,17,20)(H,18,19). The second kappa shape index (κ2) is 6.15. The summed E-state index contributed by atoms with van der Waals surface area (Å²) in [5.41, 5.74) is -0.127. The molecule has 1 amide bonds. The van der Waals surface area contributed by atoms with Gasteiger partial charge in [0.15, 0.2) is 0 Å². The van der Waals surface area contributed by atoms with Gasteiger partial charge in [0.25, 0.3) is 0 Å². The zero-order chi connectivity index (χ0) is 14.8. The lowest BCUT2D eigenvalue weighted by atomic mass is 9.63. The summed E-state index contributed by atoms with van der Waals surface area (Å²) in [7, 11) is 0. The first kappa shape index (κ1) is 15.3. The fourth-order valence-electron chi connectivity index (χ4n) is 3.73. The molecule has 0 aromatic carbocycles. The van der Waals surface area contributed by atoms with Crippen LogP contribution < -0.4 is 5.32 Å². The Hall–Kier alpha value is -1.06. The molecule has 2 N–H and O–H groups in total. The molecule has 0 spiro atoms. The van der Waals surface area contributed by atoms with E-state index >= 15 is 0 Å². The van der Waals surface area contributed by atoms with Crippen LogP contribution in [-0.4, -0.2) is 23.0 Å². The molecule has 4 heteroatoms. The Kier molecular flexibility index (Phi) is 4.71. The molecule has 2 saturated carbocycles. The molecule has 0 bridgehead atoms. The Bertz CT molecular complexity index is 366. The highest BCUT2D eigenvalue weighted by molar-refractivity contribution is 5.83. The average molecular weight is 281 g/mol. The van der Waals surface area contributed by atoms with E-state index in [1.54, 1.807) is 0 Å². The minimum Gasteiger partial charge on any atom is -0.481 e. The minimum absolute atomic E-state index is 0.127. The van der Waals surface area contributed by atoms with Crippen LogP contribution in [0.2, 0.25) is 0 Å². The molecular formula is C16H27NO3. The fourth-order valence-corrected chi connectivity index (χ4v) is 3.73. The summed E-state index contributed by atoms with van der Waals surface area (Å²) in [6.45, 7) is 4.34. The van der Waals surface area contributed by atoms with Gasteiger partial charge in [-0.1, -0.05) is 20.3 Å². The van der Waals surface area contributed by atoms with Crippen LogP contribution in [0.4, 0.5) is 0 Å². The van der Waals surface area contributed by atoms with Gasteiger partial charge in [0.1, 0.15) is 0 Å². The molecule has 0 atom stereocenters. The highest BCUT2D eigenvalue weighted by Crippen LogP contribution is 2.46. The van der Waals surface area contributed by atoms with Gasteiger partial charge < -0.3 is 10.4 Å². The Morgan fingerprint density at radius 3 is 2.20 bits per heavy atom. The largest absolute Gasteiger partial charge is 0.481 e. The number of nitrogens with one attached hydrogen (secondary N) is 1. The van der Waals surface area contributed by atoms with Gasteiger partial charge in [0.05, 0.1) is 5.92 Å². The maximum atomic E-state index is 12.5. The molecule has 0 unspecified atom stereocenters. The molecule has 2 aliphatic carbocycles. The molecule has 114 valence electrons. The second-order valence-electron chi connectivity index (χ2n) is 7.09. The molecular weight excluding hydrogens is 254 g/mol. The number of carbonyl (C=O) groups excluding carboxylic acids is 1. The van der Waals surface area contributed by atoms with E-state index in [0.717, 1.165) is 38.5 Å². The lowest BCUT2D eigenvalue weighted by Crippen LogP contribution is -2.50. The Morgan fingerprint density at radius 2 is 1.80 bits per heavy atom. The summed E-state index contributed by atoms with van der Waals surface area (Å²) >= 11 is 0. The van der Waals surface area contributed by atoms with E-state index < -0.39 is 5.97 Å². The molecule has 2 fully saturated rings. The van der Waals surface area contributed by atoms with Gasteiger partial charge in [-0.05, 0) is 50.9 Å². The van der Waals surface area contributed by atoms with Gasteiger partial charge in [-0.15, -0.1) is 0 Å². The van der Waals surface area contributed by atoms with Crippen LogP contribution >= 0.6 is 0 Å². The molecule has 0 saturated heterocycles. The SMILES string of the molecule is CC(C)CC1(C(=O)NC2CCC(C(=O)O)CC2)CCC1. The lowest BCUT2D eigenvalue weighted by molar-refractivity contribution is -0.143. The Balaban J connectivity index is 1.84. The van der Waals surface area contributed by atoms with Crippen molar-refractivity contribution in [2.24, 2.45) is 17.3 Å². The van der Waals surface area contributed by atoms with Crippen molar-refractivity contribution in [3.63, 3.8) is 0 Å². The topological polar surface area (TPSA) is 66.4 Å². The summed E-state index contributed by atoms with van der Waals surface area (Å²) in [6, 6.07) is 0.183. The van der Waals surface area contributed by atoms with Crippen LogP contribution in [0.25, 0.3) is 0 Å². The second-order valence-corrected chi connectivity index (χ2v) is 7.09. The monoisotopic (exact) mass is 281 g/mol. The average Bonchev–Trinajstić information content (AvgIpc) is 2.34. The van der Waals surface area contributed by atoms with Crippen molar-refractivity contribution in [3.05, 3.63) is 0 Å². The molecule has 20 heavy (non-hydrogen) atoms. The van der Waals surface area contributed by atoms with E-state index in [9.17, 15) is 9.59 Å². The molecule has 0 heterocycles. The smallest absolute Gasteiger partial charge is 0.306 e. The number of hydrogen-bond donors (Lipinski definition) is 2. The number of hydrogen-bond acceptors (Lipinski definition) is 2. The van der Waals surface area contributed by atoms with E-state index in [1.807, 2.05) is 0 Å². The number of amides is 1. The normalized spacial score (nSPS) is 28.8. The van der Waals surface area contributed by atoms with Gasteiger partial charge in [-0.25, -0.2) is 0 Å². The van der Waals surface area contributed by atoms with E-state index in [0.29, 0.717) is 18.8 Å². The van der Waals surface area contributed by atoms with E-state index in [2.05, 4.69) is 19.2 Å². The van der Waals surface area contributed by atoms with E-state index in [-0.39, 0.29) is 23.3 Å². The molecule has 0 aromatic heterocycles. The number of carbonyl (C=O) groups is 2. The fraction of sp³-hybridized carbons (Fsp3) is 0.875. The van der Waals surface area contributed by atoms with Gasteiger partial charge >= 0.3 is 5.97 Å². The van der Waals surface area contributed by atoms with Gasteiger partial charge in [-0.2, -0.15) is 0 Å². The number of carboxylic acids is 1. The van der Waals surface area contributed by atoms with Crippen LogP contribution in [-0.2, 0) is 9.59 Å². The first-order chi connectivity index (χ1) is 9.43. The maximum Gasteiger partial charge on any atom is 0.306 e. The van der Waals surface area contributed by atoms with Gasteiger partial charge in [-0.3, -0.25) is 9.59 Å². The summed E-state index contributed by atoms with van der Waals surface area (Å²) in [5.74, 6) is -0.137. The first-order valence-corrected chi connectivity index (χ1v) is 7.97. The molecule has 0 aliphatic heterocycles. The molecule has 2 aliphatic rings. The summed E-state index contributed by atoms with van der Waals surface area (Å²) in [5, 5.41) is 12.2. The molecule has 4 nitrogen and oxygen atoms in total. The van der Waals surface area contributed by atoms with Crippen LogP contribution in [0.1, 0.15) is 65.2 Å². The first-order valence-electron chi connectivity index (χ1n) is 7.97. The number of aliphatic carboxylic acids is 1. The number of rotatable bonds is 5. The Labute approximate surface area is 121 Å². The zero-order valence-electron chi connectivity index (χ0n) is 12.7. The maximum absolute atomic E-state index is 12.5. The van der Waals surface area contributed by atoms with Crippen LogP contribution in [0.5, 0.6) is 0 Å². The van der Waals surface area contributed by atoms with Crippen molar-refractivity contribution < 1.29 is 14.7 Å². The van der Waals surface area contributed by atoms with Crippen molar-refractivity contribution in [2.45, 2.75) is 71.3 Å². The van der Waals surface area contributed by atoms with Gasteiger partial charge in [0.2, 0.25) is 5.91 Å². The highest BCUT2D eigenvalue weighted by atomic mass is 16.4. The summed E-state index contributed by atoms with van der Waals surface area (Å²) in [4.78, 5) is 23.5. The third kappa shape index (κ3) is 3.33. The Morgan fingerprint density at radius 1 is 1.20 bits per heavy atom. The van der Waals surface area contributed by atoms with Crippen molar-refractivity contribution in [2.75, 3.05) is 0 Å².